The molecule has 9 heteroatoms. The Morgan fingerprint density at radius 1 is 1.25 bits per heavy atom. The highest BCUT2D eigenvalue weighted by atomic mass is 32.1. The topological polar surface area (TPSA) is 98.5 Å². The van der Waals surface area contributed by atoms with Gasteiger partial charge in [0.15, 0.2) is 16.7 Å². The molecule has 0 fully saturated rings. The maximum Gasteiger partial charge on any atom is 0.271 e. The van der Waals surface area contributed by atoms with E-state index in [1.807, 2.05) is 25.3 Å². The van der Waals surface area contributed by atoms with Crippen molar-refractivity contribution in [2.45, 2.75) is 32.9 Å². The summed E-state index contributed by atoms with van der Waals surface area (Å²) in [6.07, 6.45) is 4.95. The first-order chi connectivity index (χ1) is 11.6. The van der Waals surface area contributed by atoms with E-state index in [4.69, 9.17) is 0 Å². The summed E-state index contributed by atoms with van der Waals surface area (Å²) in [5, 5.41) is 13.2. The number of rotatable bonds is 5. The van der Waals surface area contributed by atoms with Gasteiger partial charge in [0, 0.05) is 23.8 Å². The van der Waals surface area contributed by atoms with Crippen LogP contribution in [-0.4, -0.2) is 35.6 Å². The van der Waals surface area contributed by atoms with Gasteiger partial charge in [-0.15, -0.1) is 21.5 Å². The van der Waals surface area contributed by atoms with Crippen molar-refractivity contribution in [1.82, 2.24) is 35.0 Å². The number of aromatic nitrogens is 6. The van der Waals surface area contributed by atoms with Crippen molar-refractivity contribution in [3.63, 3.8) is 0 Å². The average molecular weight is 343 g/mol. The Hall–Kier alpha value is -2.68. The third-order valence-corrected chi connectivity index (χ3v) is 4.22. The first-order valence-corrected chi connectivity index (χ1v) is 8.37. The van der Waals surface area contributed by atoms with Crippen LogP contribution in [0.4, 0.5) is 0 Å². The molecule has 0 saturated heterocycles. The molecule has 8 nitrogen and oxygen atoms in total. The second-order valence-electron chi connectivity index (χ2n) is 5.50. The summed E-state index contributed by atoms with van der Waals surface area (Å²) in [7, 11) is 0. The molecule has 0 spiro atoms. The van der Waals surface area contributed by atoms with Crippen molar-refractivity contribution >= 4 is 17.2 Å². The van der Waals surface area contributed by atoms with Crippen LogP contribution in [0.2, 0.25) is 0 Å². The van der Waals surface area contributed by atoms with E-state index in [2.05, 4.69) is 30.5 Å². The Kier molecular flexibility index (Phi) is 4.61. The van der Waals surface area contributed by atoms with Gasteiger partial charge >= 0.3 is 0 Å². The molecule has 124 valence electrons. The zero-order chi connectivity index (χ0) is 17.1. The third kappa shape index (κ3) is 3.30. The monoisotopic (exact) mass is 343 g/mol. The molecular formula is C15H17N7OS. The maximum absolute atomic E-state index is 12.4. The van der Waals surface area contributed by atoms with Crippen molar-refractivity contribution in [2.75, 3.05) is 0 Å². The molecule has 0 aliphatic heterocycles. The van der Waals surface area contributed by atoms with Gasteiger partial charge in [0.25, 0.3) is 5.91 Å². The van der Waals surface area contributed by atoms with Crippen LogP contribution in [0, 0.1) is 0 Å². The van der Waals surface area contributed by atoms with Crippen LogP contribution in [-0.2, 0) is 0 Å². The molecule has 0 bridgehead atoms. The van der Waals surface area contributed by atoms with Gasteiger partial charge in [-0.05, 0) is 26.8 Å². The Morgan fingerprint density at radius 2 is 2.00 bits per heavy atom. The Morgan fingerprint density at radius 3 is 2.71 bits per heavy atom. The minimum Gasteiger partial charge on any atom is -0.341 e. The molecule has 3 aromatic rings. The van der Waals surface area contributed by atoms with Crippen molar-refractivity contribution in [2.24, 2.45) is 0 Å². The van der Waals surface area contributed by atoms with E-state index in [0.717, 1.165) is 0 Å². The summed E-state index contributed by atoms with van der Waals surface area (Å²) in [6, 6.07) is 1.67. The molecule has 1 atom stereocenters. The van der Waals surface area contributed by atoms with Crippen LogP contribution >= 0.6 is 11.3 Å². The smallest absolute Gasteiger partial charge is 0.271 e. The van der Waals surface area contributed by atoms with Gasteiger partial charge in [-0.2, -0.15) is 0 Å². The molecule has 3 aromatic heterocycles. The van der Waals surface area contributed by atoms with E-state index < -0.39 is 0 Å². The molecule has 3 rings (SSSR count). The largest absolute Gasteiger partial charge is 0.341 e. The van der Waals surface area contributed by atoms with E-state index in [9.17, 15) is 4.79 Å². The summed E-state index contributed by atoms with van der Waals surface area (Å²) in [6.45, 7) is 5.94. The van der Waals surface area contributed by atoms with Crippen molar-refractivity contribution < 1.29 is 4.79 Å². The molecule has 0 radical (unpaired) electrons. The van der Waals surface area contributed by atoms with Gasteiger partial charge in [-0.3, -0.25) is 4.79 Å². The summed E-state index contributed by atoms with van der Waals surface area (Å²) in [4.78, 5) is 25.0. The normalized spacial score (nSPS) is 12.3. The molecule has 1 amide bonds. The van der Waals surface area contributed by atoms with Gasteiger partial charge in [-0.25, -0.2) is 15.0 Å². The summed E-state index contributed by atoms with van der Waals surface area (Å²) in [5.41, 5.74) is 0.338. The summed E-state index contributed by atoms with van der Waals surface area (Å²) < 4.78 is 1.93. The lowest BCUT2D eigenvalue weighted by atomic mass is 10.2. The van der Waals surface area contributed by atoms with Gasteiger partial charge in [0.2, 0.25) is 0 Å². The van der Waals surface area contributed by atoms with E-state index in [0.29, 0.717) is 22.4 Å². The van der Waals surface area contributed by atoms with Crippen molar-refractivity contribution in [1.29, 1.82) is 0 Å². The number of amides is 1. The molecule has 1 N–H and O–H groups in total. The quantitative estimate of drug-likeness (QED) is 0.763. The molecular weight excluding hydrogens is 326 g/mol. The Balaban J connectivity index is 1.73. The van der Waals surface area contributed by atoms with Gasteiger partial charge in [0.05, 0.1) is 6.04 Å². The van der Waals surface area contributed by atoms with Crippen molar-refractivity contribution in [3.8, 4) is 10.8 Å². The SMILES string of the molecule is CC(C)n1cnnc1[C@@H](C)NC(=O)c1csc(-c2ncccn2)n1. The lowest BCUT2D eigenvalue weighted by molar-refractivity contribution is 0.0933. The molecule has 0 aliphatic carbocycles. The van der Waals surface area contributed by atoms with Crippen LogP contribution in [0.15, 0.2) is 30.2 Å². The predicted molar refractivity (Wildman–Crippen MR) is 89.4 cm³/mol. The van der Waals surface area contributed by atoms with Crippen LogP contribution < -0.4 is 5.32 Å². The maximum atomic E-state index is 12.4. The number of nitrogens with zero attached hydrogens (tertiary/aromatic N) is 6. The fourth-order valence-corrected chi connectivity index (χ4v) is 2.93. The van der Waals surface area contributed by atoms with Crippen LogP contribution in [0.1, 0.15) is 49.2 Å². The fraction of sp³-hybridized carbons (Fsp3) is 0.333. The van der Waals surface area contributed by atoms with Gasteiger partial charge < -0.3 is 9.88 Å². The highest BCUT2D eigenvalue weighted by Gasteiger charge is 2.20. The number of nitrogens with one attached hydrogen (secondary N) is 1. The first kappa shape index (κ1) is 16.2. The molecule has 0 aromatic carbocycles. The van der Waals surface area contributed by atoms with Crippen LogP contribution in [0.5, 0.6) is 0 Å². The Labute approximate surface area is 143 Å². The number of carbonyl (C=O) groups is 1. The van der Waals surface area contributed by atoms with E-state index in [1.54, 1.807) is 30.2 Å². The highest BCUT2D eigenvalue weighted by Crippen LogP contribution is 2.20. The average Bonchev–Trinajstić information content (AvgIpc) is 3.25. The summed E-state index contributed by atoms with van der Waals surface area (Å²) >= 11 is 1.33. The first-order valence-electron chi connectivity index (χ1n) is 7.49. The third-order valence-electron chi connectivity index (χ3n) is 3.39. The Bertz CT molecular complexity index is 827. The van der Waals surface area contributed by atoms with E-state index in [1.165, 1.54) is 11.3 Å². The minimum atomic E-state index is -0.277. The van der Waals surface area contributed by atoms with Gasteiger partial charge in [0.1, 0.15) is 12.0 Å². The standard InChI is InChI=1S/C15H17N7OS/c1-9(2)22-8-18-21-13(22)10(3)19-14(23)11-7-24-15(20-11)12-16-5-4-6-17-12/h4-10H,1-3H3,(H,19,23)/t10-/m1/s1. The van der Waals surface area contributed by atoms with E-state index in [-0.39, 0.29) is 18.0 Å². The molecule has 3 heterocycles. The van der Waals surface area contributed by atoms with Crippen LogP contribution in [0.25, 0.3) is 10.8 Å². The molecule has 0 aliphatic rings. The number of hydrogen-bond donors (Lipinski definition) is 1. The minimum absolute atomic E-state index is 0.218. The van der Waals surface area contributed by atoms with E-state index >= 15 is 0 Å². The lowest BCUT2D eigenvalue weighted by Gasteiger charge is -2.16. The number of carbonyl (C=O) groups excluding carboxylic acids is 1. The van der Waals surface area contributed by atoms with Crippen LogP contribution in [0.3, 0.4) is 0 Å². The second kappa shape index (κ2) is 6.83. The summed E-state index contributed by atoms with van der Waals surface area (Å²) in [5.74, 6) is 0.952. The van der Waals surface area contributed by atoms with Gasteiger partial charge in [-0.1, -0.05) is 0 Å². The predicted octanol–water partition coefficient (Wildman–Crippen LogP) is 2.26. The zero-order valence-electron chi connectivity index (χ0n) is 13.5. The number of hydrogen-bond acceptors (Lipinski definition) is 7. The highest BCUT2D eigenvalue weighted by molar-refractivity contribution is 7.13. The molecule has 0 saturated carbocycles. The zero-order valence-corrected chi connectivity index (χ0v) is 14.4. The molecule has 24 heavy (non-hydrogen) atoms. The van der Waals surface area contributed by atoms with Crippen molar-refractivity contribution in [3.05, 3.63) is 41.7 Å². The number of thiazole rings is 1. The second-order valence-corrected chi connectivity index (χ2v) is 6.35. The lowest BCUT2D eigenvalue weighted by Crippen LogP contribution is -2.29. The fourth-order valence-electron chi connectivity index (χ4n) is 2.18. The molecule has 0 unspecified atom stereocenters.